The van der Waals surface area contributed by atoms with Crippen molar-refractivity contribution in [2.24, 2.45) is 0 Å². The van der Waals surface area contributed by atoms with Crippen LogP contribution in [0.25, 0.3) is 0 Å². The fourth-order valence-corrected chi connectivity index (χ4v) is 0.539. The van der Waals surface area contributed by atoms with Gasteiger partial charge in [-0.05, 0) is 6.42 Å². The van der Waals surface area contributed by atoms with E-state index in [1.54, 1.807) is 0 Å². The van der Waals surface area contributed by atoms with Gasteiger partial charge in [0.05, 0.1) is 0 Å². The van der Waals surface area contributed by atoms with Gasteiger partial charge < -0.3 is 5.11 Å². The second kappa shape index (κ2) is 11.8. The van der Waals surface area contributed by atoms with Gasteiger partial charge in [-0.25, -0.2) is 0 Å². The number of hydrogen-bond acceptors (Lipinski definition) is 1. The molecule has 46 valence electrons. The van der Waals surface area contributed by atoms with Crippen LogP contribution >= 0.6 is 0 Å². The van der Waals surface area contributed by atoms with E-state index in [0.29, 0.717) is 6.61 Å². The summed E-state index contributed by atoms with van der Waals surface area (Å²) in [5.74, 6) is 0. The van der Waals surface area contributed by atoms with Gasteiger partial charge in [-0.2, -0.15) is 0 Å². The number of unbranched alkanes of at least 4 members (excludes halogenated alkanes) is 3. The van der Waals surface area contributed by atoms with E-state index < -0.39 is 0 Å². The molecule has 0 rings (SSSR count). The summed E-state index contributed by atoms with van der Waals surface area (Å²) in [4.78, 5) is 0. The molecule has 0 heterocycles. The first kappa shape index (κ1) is 12.7. The summed E-state index contributed by atoms with van der Waals surface area (Å²) in [6, 6.07) is 0. The summed E-state index contributed by atoms with van der Waals surface area (Å²) in [5, 5.41) is 8.29. The molecular weight excluding hydrogens is 221 g/mol. The van der Waals surface area contributed by atoms with Crippen molar-refractivity contribution in [2.75, 3.05) is 6.61 Å². The second-order valence-corrected chi connectivity index (χ2v) is 1.78. The van der Waals surface area contributed by atoms with Crippen molar-refractivity contribution in [2.45, 2.75) is 32.6 Å². The minimum atomic E-state index is 0. The quantitative estimate of drug-likeness (QED) is 0.719. The summed E-state index contributed by atoms with van der Waals surface area (Å²) in [6.45, 7) is 2.53. The van der Waals surface area contributed by atoms with Crippen LogP contribution in [-0.2, 0) is 0 Å². The fourth-order valence-electron chi connectivity index (χ4n) is 0.539. The molecule has 1 N–H and O–H groups in total. The number of rotatable bonds is 4. The van der Waals surface area contributed by atoms with Crippen LogP contribution in [0.5, 0.6) is 0 Å². The monoisotopic (exact) mass is 236 g/mol. The van der Waals surface area contributed by atoms with E-state index in [-0.39, 0.29) is 68.9 Å². The normalized spacial score (nSPS) is 8.25. The van der Waals surface area contributed by atoms with Crippen LogP contribution < -0.4 is 0 Å². The molecule has 0 fully saturated rings. The van der Waals surface area contributed by atoms with Gasteiger partial charge in [0, 0.05) is 6.61 Å². The van der Waals surface area contributed by atoms with E-state index >= 15 is 0 Å². The van der Waals surface area contributed by atoms with Crippen LogP contribution in [0.2, 0.25) is 0 Å². The zero-order valence-corrected chi connectivity index (χ0v) is 4.98. The van der Waals surface area contributed by atoms with Gasteiger partial charge in [-0.1, -0.05) is 26.2 Å². The summed E-state index contributed by atoms with van der Waals surface area (Å²) < 4.78 is 0. The van der Waals surface area contributed by atoms with Crippen molar-refractivity contribution >= 4 is 68.9 Å². The number of aliphatic hydroxyl groups is 1. The first-order chi connectivity index (χ1) is 3.41. The molecule has 0 spiro atoms. The molecule has 0 aliphatic carbocycles. The van der Waals surface area contributed by atoms with E-state index in [9.17, 15) is 0 Å². The van der Waals surface area contributed by atoms with Gasteiger partial charge in [0.2, 0.25) is 0 Å². The third-order valence-electron chi connectivity index (χ3n) is 1.01. The number of hydrogen-bond donors (Lipinski definition) is 1. The molecule has 0 atom stereocenters. The van der Waals surface area contributed by atoms with E-state index in [0.717, 1.165) is 6.42 Å². The van der Waals surface area contributed by atoms with E-state index in [4.69, 9.17) is 5.11 Å². The minimum absolute atomic E-state index is 0. The van der Waals surface area contributed by atoms with Crippen molar-refractivity contribution in [3.63, 3.8) is 0 Å². The SMILES string of the molecule is CCCCCCO.[CsH]. The summed E-state index contributed by atoms with van der Waals surface area (Å²) in [7, 11) is 0. The van der Waals surface area contributed by atoms with Crippen molar-refractivity contribution in [3.8, 4) is 0 Å². The molecule has 8 heavy (non-hydrogen) atoms. The maximum absolute atomic E-state index is 8.29. The molecule has 0 radical (unpaired) electrons. The van der Waals surface area contributed by atoms with E-state index in [2.05, 4.69) is 6.92 Å². The predicted molar refractivity (Wildman–Crippen MR) is 38.4 cm³/mol. The molecule has 2 heteroatoms. The van der Waals surface area contributed by atoms with Crippen LogP contribution in [-0.4, -0.2) is 80.6 Å². The Balaban J connectivity index is 0. The van der Waals surface area contributed by atoms with E-state index in [1.807, 2.05) is 0 Å². The topological polar surface area (TPSA) is 20.2 Å². The third-order valence-corrected chi connectivity index (χ3v) is 1.01. The Bertz CT molecular complexity index is 27.7. The molecule has 0 saturated carbocycles. The molecule has 0 bridgehead atoms. The molecule has 0 unspecified atom stereocenters. The first-order valence-electron chi connectivity index (χ1n) is 3.02. The van der Waals surface area contributed by atoms with E-state index in [1.165, 1.54) is 19.3 Å². The predicted octanol–water partition coefficient (Wildman–Crippen LogP) is 0.910. The average Bonchev–Trinajstić information content (AvgIpc) is 1.69. The Morgan fingerprint density at radius 2 is 1.75 bits per heavy atom. The summed E-state index contributed by atoms with van der Waals surface area (Å²) >= 11 is 0. The Hall–Kier alpha value is 2.01. The molecule has 0 aliphatic rings. The Morgan fingerprint density at radius 3 is 2.12 bits per heavy atom. The second-order valence-electron chi connectivity index (χ2n) is 1.78. The fraction of sp³-hybridized carbons (Fsp3) is 1.00. The van der Waals surface area contributed by atoms with Crippen LogP contribution in [0.1, 0.15) is 32.6 Å². The number of aliphatic hydroxyl groups excluding tert-OH is 1. The molecule has 0 aromatic rings. The molecule has 0 amide bonds. The zero-order valence-electron chi connectivity index (χ0n) is 4.98. The summed E-state index contributed by atoms with van der Waals surface area (Å²) in [6.07, 6.45) is 4.68. The molecule has 0 aliphatic heterocycles. The third kappa shape index (κ3) is 10.9. The van der Waals surface area contributed by atoms with Crippen LogP contribution in [0, 0.1) is 0 Å². The standard InChI is InChI=1S/C6H14O.Cs.H/c1-2-3-4-5-6-7;;/h7H,2-6H2,1H3;;. The molecule has 0 aromatic carbocycles. The Labute approximate surface area is 111 Å². The van der Waals surface area contributed by atoms with Gasteiger partial charge in [0.1, 0.15) is 0 Å². The van der Waals surface area contributed by atoms with Gasteiger partial charge in [0.15, 0.2) is 0 Å². The maximum atomic E-state index is 8.29. The van der Waals surface area contributed by atoms with Crippen LogP contribution in [0.15, 0.2) is 0 Å². The van der Waals surface area contributed by atoms with Crippen LogP contribution in [0.4, 0.5) is 0 Å². The molecule has 0 aromatic heterocycles. The Kier molecular flexibility index (Phi) is 18.6. The molecule has 1 nitrogen and oxygen atoms in total. The van der Waals surface area contributed by atoms with Gasteiger partial charge in [-0.3, -0.25) is 0 Å². The van der Waals surface area contributed by atoms with Crippen LogP contribution in [0.3, 0.4) is 0 Å². The Morgan fingerprint density at radius 1 is 1.12 bits per heavy atom. The van der Waals surface area contributed by atoms with Crippen molar-refractivity contribution in [1.29, 1.82) is 0 Å². The molecular formula is C6H15CsO. The van der Waals surface area contributed by atoms with Gasteiger partial charge in [0.25, 0.3) is 0 Å². The molecule has 0 saturated heterocycles. The zero-order chi connectivity index (χ0) is 5.54. The van der Waals surface area contributed by atoms with Crippen molar-refractivity contribution in [1.82, 2.24) is 0 Å². The van der Waals surface area contributed by atoms with Gasteiger partial charge in [-0.15, -0.1) is 0 Å². The summed E-state index contributed by atoms with van der Waals surface area (Å²) in [5.41, 5.74) is 0. The van der Waals surface area contributed by atoms with Crippen molar-refractivity contribution < 1.29 is 5.11 Å². The first-order valence-corrected chi connectivity index (χ1v) is 3.02. The van der Waals surface area contributed by atoms with Crippen molar-refractivity contribution in [3.05, 3.63) is 0 Å². The average molecular weight is 236 g/mol. The van der Waals surface area contributed by atoms with Gasteiger partial charge >= 0.3 is 68.9 Å².